The number of hydrogen-bond acceptors (Lipinski definition) is 2. The molecule has 1 amide bonds. The molecule has 0 aliphatic heterocycles. The Morgan fingerprint density at radius 1 is 1.19 bits per heavy atom. The van der Waals surface area contributed by atoms with E-state index in [9.17, 15) is 4.79 Å². The number of likely N-dealkylation sites (N-methyl/N-ethyl adjacent to an activating group) is 1. The van der Waals surface area contributed by atoms with Gasteiger partial charge in [-0.25, -0.2) is 0 Å². The number of carbonyl (C=O) groups is 1. The zero-order valence-corrected chi connectivity index (χ0v) is 11.4. The van der Waals surface area contributed by atoms with E-state index in [-0.39, 0.29) is 5.91 Å². The highest BCUT2D eigenvalue weighted by Gasteiger charge is 2.07. The zero-order valence-electron chi connectivity index (χ0n) is 11.4. The lowest BCUT2D eigenvalue weighted by Crippen LogP contribution is -2.38. The fourth-order valence-corrected chi connectivity index (χ4v) is 1.69. The second-order valence-electron chi connectivity index (χ2n) is 4.63. The van der Waals surface area contributed by atoms with Crippen molar-refractivity contribution in [1.29, 1.82) is 0 Å². The molecule has 0 aliphatic rings. The molecular weight excluding hydrogens is 200 g/mol. The molecule has 0 aromatic carbocycles. The lowest BCUT2D eigenvalue weighted by molar-refractivity contribution is -0.129. The minimum atomic E-state index is 0.217. The Hall–Kier alpha value is -0.570. The van der Waals surface area contributed by atoms with E-state index in [1.807, 2.05) is 18.7 Å². The molecule has 0 bridgehead atoms. The van der Waals surface area contributed by atoms with Crippen LogP contribution in [-0.2, 0) is 4.79 Å². The predicted octanol–water partition coefficient (Wildman–Crippen LogP) is 2.27. The fourth-order valence-electron chi connectivity index (χ4n) is 1.69. The van der Waals surface area contributed by atoms with Crippen molar-refractivity contribution in [2.45, 2.75) is 47.0 Å². The first kappa shape index (κ1) is 15.4. The van der Waals surface area contributed by atoms with Crippen LogP contribution in [0.15, 0.2) is 0 Å². The van der Waals surface area contributed by atoms with Gasteiger partial charge in [0, 0.05) is 13.1 Å². The third-order valence-corrected chi connectivity index (χ3v) is 2.78. The van der Waals surface area contributed by atoms with Crippen LogP contribution in [0.5, 0.6) is 0 Å². The summed E-state index contributed by atoms with van der Waals surface area (Å²) in [6.45, 7) is 11.6. The molecule has 16 heavy (non-hydrogen) atoms. The Morgan fingerprint density at radius 3 is 2.31 bits per heavy atom. The summed E-state index contributed by atoms with van der Waals surface area (Å²) in [5.41, 5.74) is 0. The van der Waals surface area contributed by atoms with Crippen molar-refractivity contribution in [3.8, 4) is 0 Å². The minimum Gasteiger partial charge on any atom is -0.342 e. The van der Waals surface area contributed by atoms with Crippen LogP contribution in [0.3, 0.4) is 0 Å². The first-order valence-corrected chi connectivity index (χ1v) is 6.60. The van der Waals surface area contributed by atoms with Crippen LogP contribution in [0, 0.1) is 5.92 Å². The van der Waals surface area contributed by atoms with E-state index in [0.717, 1.165) is 25.6 Å². The Bertz CT molecular complexity index is 177. The van der Waals surface area contributed by atoms with E-state index in [4.69, 9.17) is 0 Å². The summed E-state index contributed by atoms with van der Waals surface area (Å²) in [5, 5.41) is 3.22. The molecular formula is C13H28N2O. The Labute approximate surface area is 101 Å². The summed E-state index contributed by atoms with van der Waals surface area (Å²) in [4.78, 5) is 13.5. The second-order valence-corrected chi connectivity index (χ2v) is 4.63. The van der Waals surface area contributed by atoms with Crippen molar-refractivity contribution in [1.82, 2.24) is 10.2 Å². The van der Waals surface area contributed by atoms with Gasteiger partial charge in [-0.05, 0) is 32.7 Å². The minimum absolute atomic E-state index is 0.217. The molecule has 0 heterocycles. The van der Waals surface area contributed by atoms with E-state index >= 15 is 0 Å². The van der Waals surface area contributed by atoms with Gasteiger partial charge in [0.25, 0.3) is 0 Å². The number of carbonyl (C=O) groups excluding carboxylic acids is 1. The molecule has 0 aromatic heterocycles. The first-order valence-electron chi connectivity index (χ1n) is 6.60. The van der Waals surface area contributed by atoms with Gasteiger partial charge < -0.3 is 10.2 Å². The molecule has 0 fully saturated rings. The SMILES string of the molecule is CCN(CC)C(=O)CNCCCCC(C)C. The van der Waals surface area contributed by atoms with Gasteiger partial charge in [-0.1, -0.05) is 26.7 Å². The number of amides is 1. The standard InChI is InChI=1S/C13H28N2O/c1-5-15(6-2)13(16)11-14-10-8-7-9-12(3)4/h12,14H,5-11H2,1-4H3. The zero-order chi connectivity index (χ0) is 12.4. The van der Waals surface area contributed by atoms with Crippen LogP contribution >= 0.6 is 0 Å². The lowest BCUT2D eigenvalue weighted by Gasteiger charge is -2.18. The summed E-state index contributed by atoms with van der Waals surface area (Å²) in [6, 6.07) is 0. The molecule has 0 aliphatic carbocycles. The second kappa shape index (κ2) is 9.64. The topological polar surface area (TPSA) is 32.3 Å². The van der Waals surface area contributed by atoms with Crippen molar-refractivity contribution in [3.05, 3.63) is 0 Å². The van der Waals surface area contributed by atoms with Gasteiger partial charge in [0.05, 0.1) is 6.54 Å². The van der Waals surface area contributed by atoms with Crippen LogP contribution in [0.25, 0.3) is 0 Å². The number of hydrogen-bond donors (Lipinski definition) is 1. The number of nitrogens with one attached hydrogen (secondary N) is 1. The third kappa shape index (κ3) is 7.69. The highest BCUT2D eigenvalue weighted by atomic mass is 16.2. The van der Waals surface area contributed by atoms with Gasteiger partial charge in [0.1, 0.15) is 0 Å². The van der Waals surface area contributed by atoms with Crippen LogP contribution < -0.4 is 5.32 Å². The Kier molecular flexibility index (Phi) is 9.30. The quantitative estimate of drug-likeness (QED) is 0.614. The average Bonchev–Trinajstić information content (AvgIpc) is 2.24. The predicted molar refractivity (Wildman–Crippen MR) is 69.5 cm³/mol. The molecule has 0 aromatic rings. The maximum Gasteiger partial charge on any atom is 0.236 e. The molecule has 3 heteroatoms. The molecule has 0 atom stereocenters. The van der Waals surface area contributed by atoms with E-state index in [0.29, 0.717) is 6.54 Å². The fraction of sp³-hybridized carbons (Fsp3) is 0.923. The van der Waals surface area contributed by atoms with Gasteiger partial charge in [-0.3, -0.25) is 4.79 Å². The van der Waals surface area contributed by atoms with Crippen molar-refractivity contribution < 1.29 is 4.79 Å². The molecule has 0 radical (unpaired) electrons. The lowest BCUT2D eigenvalue weighted by atomic mass is 10.1. The molecule has 3 nitrogen and oxygen atoms in total. The molecule has 1 N–H and O–H groups in total. The molecule has 0 saturated carbocycles. The van der Waals surface area contributed by atoms with E-state index in [2.05, 4.69) is 19.2 Å². The van der Waals surface area contributed by atoms with Crippen LogP contribution in [-0.4, -0.2) is 37.0 Å². The highest BCUT2D eigenvalue weighted by molar-refractivity contribution is 5.78. The Balaban J connectivity index is 3.40. The monoisotopic (exact) mass is 228 g/mol. The summed E-state index contributed by atoms with van der Waals surface area (Å²) in [7, 11) is 0. The summed E-state index contributed by atoms with van der Waals surface area (Å²) in [6.07, 6.45) is 3.71. The van der Waals surface area contributed by atoms with Gasteiger partial charge in [-0.15, -0.1) is 0 Å². The Morgan fingerprint density at radius 2 is 1.81 bits per heavy atom. The first-order chi connectivity index (χ1) is 7.61. The van der Waals surface area contributed by atoms with Crippen molar-refractivity contribution in [3.63, 3.8) is 0 Å². The largest absolute Gasteiger partial charge is 0.342 e. The maximum atomic E-state index is 11.6. The molecule has 0 unspecified atom stereocenters. The van der Waals surface area contributed by atoms with Crippen molar-refractivity contribution >= 4 is 5.91 Å². The van der Waals surface area contributed by atoms with Gasteiger partial charge in [0.2, 0.25) is 5.91 Å². The smallest absolute Gasteiger partial charge is 0.236 e. The van der Waals surface area contributed by atoms with Crippen LogP contribution in [0.4, 0.5) is 0 Å². The van der Waals surface area contributed by atoms with E-state index in [1.54, 1.807) is 0 Å². The van der Waals surface area contributed by atoms with E-state index < -0.39 is 0 Å². The van der Waals surface area contributed by atoms with Crippen LogP contribution in [0.1, 0.15) is 47.0 Å². The third-order valence-electron chi connectivity index (χ3n) is 2.78. The normalized spacial score (nSPS) is 10.8. The highest BCUT2D eigenvalue weighted by Crippen LogP contribution is 2.04. The van der Waals surface area contributed by atoms with Crippen molar-refractivity contribution in [2.75, 3.05) is 26.2 Å². The number of rotatable bonds is 9. The molecule has 96 valence electrons. The van der Waals surface area contributed by atoms with Gasteiger partial charge >= 0.3 is 0 Å². The average molecular weight is 228 g/mol. The molecule has 0 rings (SSSR count). The maximum absolute atomic E-state index is 11.6. The molecule has 0 spiro atoms. The molecule has 0 saturated heterocycles. The van der Waals surface area contributed by atoms with E-state index in [1.165, 1.54) is 19.3 Å². The summed E-state index contributed by atoms with van der Waals surface area (Å²) < 4.78 is 0. The van der Waals surface area contributed by atoms with Gasteiger partial charge in [-0.2, -0.15) is 0 Å². The van der Waals surface area contributed by atoms with Gasteiger partial charge in [0.15, 0.2) is 0 Å². The number of nitrogens with zero attached hydrogens (tertiary/aromatic N) is 1. The number of unbranched alkanes of at least 4 members (excludes halogenated alkanes) is 1. The van der Waals surface area contributed by atoms with Crippen molar-refractivity contribution in [2.24, 2.45) is 5.92 Å². The van der Waals surface area contributed by atoms with Crippen LogP contribution in [0.2, 0.25) is 0 Å². The summed E-state index contributed by atoms with van der Waals surface area (Å²) >= 11 is 0. The summed E-state index contributed by atoms with van der Waals surface area (Å²) in [5.74, 6) is 1.01.